The van der Waals surface area contributed by atoms with Crippen LogP contribution in [0.4, 0.5) is 18.9 Å². The first-order valence-corrected chi connectivity index (χ1v) is 9.47. The lowest BCUT2D eigenvalue weighted by atomic mass is 9.86. The summed E-state index contributed by atoms with van der Waals surface area (Å²) < 4.78 is 43.5. The van der Waals surface area contributed by atoms with Crippen molar-refractivity contribution in [3.63, 3.8) is 0 Å². The molecule has 28 heavy (non-hydrogen) atoms. The maximum absolute atomic E-state index is 12.6. The molecule has 3 atom stereocenters. The van der Waals surface area contributed by atoms with Crippen molar-refractivity contribution in [1.82, 2.24) is 10.6 Å². The molecular weight excluding hydrogens is 375 g/mol. The van der Waals surface area contributed by atoms with E-state index in [2.05, 4.69) is 10.6 Å². The molecule has 0 radical (unpaired) electrons. The number of carbonyl (C=O) groups is 2. The Morgan fingerprint density at radius 3 is 2.82 bits per heavy atom. The van der Waals surface area contributed by atoms with Crippen LogP contribution in [0.25, 0.3) is 0 Å². The largest absolute Gasteiger partial charge is 0.479 e. The van der Waals surface area contributed by atoms with E-state index in [1.165, 1.54) is 0 Å². The van der Waals surface area contributed by atoms with Crippen LogP contribution in [0.3, 0.4) is 0 Å². The highest BCUT2D eigenvalue weighted by molar-refractivity contribution is 5.97. The third-order valence-corrected chi connectivity index (χ3v) is 5.03. The van der Waals surface area contributed by atoms with Crippen molar-refractivity contribution in [3.05, 3.63) is 23.3 Å². The lowest BCUT2D eigenvalue weighted by Crippen LogP contribution is -2.51. The van der Waals surface area contributed by atoms with Gasteiger partial charge < -0.3 is 15.4 Å². The molecule has 2 aliphatic rings. The molecule has 6 nitrogen and oxygen atoms in total. The van der Waals surface area contributed by atoms with E-state index in [4.69, 9.17) is 4.74 Å². The van der Waals surface area contributed by atoms with E-state index >= 15 is 0 Å². The van der Waals surface area contributed by atoms with Gasteiger partial charge in [0.2, 0.25) is 0 Å². The fraction of sp³-hybridized carbons (Fsp3) is 0.579. The summed E-state index contributed by atoms with van der Waals surface area (Å²) in [6.07, 6.45) is -2.91. The number of rotatable bonds is 5. The van der Waals surface area contributed by atoms with E-state index in [0.29, 0.717) is 24.3 Å². The molecule has 9 heteroatoms. The molecule has 2 amide bonds. The van der Waals surface area contributed by atoms with Crippen LogP contribution in [0.1, 0.15) is 56.7 Å². The van der Waals surface area contributed by atoms with E-state index in [-0.39, 0.29) is 11.9 Å². The van der Waals surface area contributed by atoms with Crippen LogP contribution in [0.15, 0.2) is 12.1 Å². The van der Waals surface area contributed by atoms with Crippen LogP contribution in [0.2, 0.25) is 0 Å². The van der Waals surface area contributed by atoms with Gasteiger partial charge >= 0.3 is 12.1 Å². The fourth-order valence-electron chi connectivity index (χ4n) is 3.65. The number of ether oxygens (including phenoxy) is 1. The van der Waals surface area contributed by atoms with Crippen molar-refractivity contribution in [3.8, 4) is 5.75 Å². The van der Waals surface area contributed by atoms with Crippen molar-refractivity contribution in [2.45, 2.75) is 70.4 Å². The number of carbonyl (C=O) groups excluding carboxylic acids is 2. The Bertz CT molecular complexity index is 767. The minimum Gasteiger partial charge on any atom is -0.479 e. The van der Waals surface area contributed by atoms with Crippen LogP contribution < -0.4 is 20.7 Å². The van der Waals surface area contributed by atoms with Crippen LogP contribution in [-0.4, -0.2) is 30.3 Å². The van der Waals surface area contributed by atoms with Crippen molar-refractivity contribution in [2.24, 2.45) is 0 Å². The third-order valence-electron chi connectivity index (χ3n) is 5.03. The molecule has 0 aromatic heterocycles. The minimum atomic E-state index is -4.92. The number of alkyl halides is 3. The number of aryl methyl sites for hydroxylation is 1. The van der Waals surface area contributed by atoms with Gasteiger partial charge in [0, 0.05) is 6.04 Å². The van der Waals surface area contributed by atoms with Crippen molar-refractivity contribution < 1.29 is 27.5 Å². The maximum Gasteiger partial charge on any atom is 0.471 e. The molecule has 0 fully saturated rings. The molecule has 154 valence electrons. The smallest absolute Gasteiger partial charge is 0.471 e. The Morgan fingerprint density at radius 2 is 2.14 bits per heavy atom. The molecule has 1 aliphatic carbocycles. The summed E-state index contributed by atoms with van der Waals surface area (Å²) in [7, 11) is 0. The molecule has 0 spiro atoms. The van der Waals surface area contributed by atoms with Gasteiger partial charge in [0.1, 0.15) is 5.75 Å². The number of hydrogen-bond acceptors (Lipinski definition) is 4. The summed E-state index contributed by atoms with van der Waals surface area (Å²) in [6, 6.07) is 3.48. The first-order chi connectivity index (χ1) is 13.2. The highest BCUT2D eigenvalue weighted by atomic mass is 19.4. The van der Waals surface area contributed by atoms with E-state index in [1.54, 1.807) is 6.92 Å². The van der Waals surface area contributed by atoms with Crippen molar-refractivity contribution >= 4 is 17.5 Å². The molecule has 0 bridgehead atoms. The van der Waals surface area contributed by atoms with Crippen molar-refractivity contribution in [1.29, 1.82) is 0 Å². The maximum atomic E-state index is 12.6. The Kier molecular flexibility index (Phi) is 5.83. The zero-order valence-electron chi connectivity index (χ0n) is 15.8. The summed E-state index contributed by atoms with van der Waals surface area (Å²) in [5.41, 5.74) is 2.50. The second kappa shape index (κ2) is 7.98. The van der Waals surface area contributed by atoms with Crippen LogP contribution in [0.5, 0.6) is 5.75 Å². The second-order valence-electron chi connectivity index (χ2n) is 7.22. The summed E-state index contributed by atoms with van der Waals surface area (Å²) in [4.78, 5) is 23.2. The van der Waals surface area contributed by atoms with Crippen LogP contribution in [-0.2, 0) is 16.0 Å². The molecular formula is C19H24F3N3O3. The molecule has 0 saturated carbocycles. The van der Waals surface area contributed by atoms with Crippen LogP contribution in [0, 0.1) is 0 Å². The summed E-state index contributed by atoms with van der Waals surface area (Å²) in [5.74, 6) is -1.59. The highest BCUT2D eigenvalue weighted by Crippen LogP contribution is 2.39. The number of hydrogen-bond donors (Lipinski definition) is 3. The predicted octanol–water partition coefficient (Wildman–Crippen LogP) is 3.18. The molecule has 1 aromatic rings. The molecule has 3 N–H and O–H groups in total. The standard InChI is InChI=1S/C19H24F3N3O3/c1-3-5-16(25-18(27)19(20,21)22)23-13-7-4-6-11-8-15-14(9-12(11)13)24-17(26)10(2)28-15/h8-10,13,16,23H,3-7H2,1-2H3,(H,24,26)(H,25,27). The van der Waals surface area contributed by atoms with Gasteiger partial charge in [-0.15, -0.1) is 0 Å². The minimum absolute atomic E-state index is 0.226. The zero-order chi connectivity index (χ0) is 20.5. The molecule has 1 heterocycles. The molecule has 1 aliphatic heterocycles. The second-order valence-corrected chi connectivity index (χ2v) is 7.22. The van der Waals surface area contributed by atoms with E-state index in [9.17, 15) is 22.8 Å². The lowest BCUT2D eigenvalue weighted by Gasteiger charge is -2.33. The Morgan fingerprint density at radius 1 is 1.39 bits per heavy atom. The number of nitrogens with one attached hydrogen (secondary N) is 3. The van der Waals surface area contributed by atoms with Gasteiger partial charge in [0.05, 0.1) is 11.9 Å². The Hall–Kier alpha value is -2.29. The van der Waals surface area contributed by atoms with E-state index in [0.717, 1.165) is 30.4 Å². The Labute approximate surface area is 161 Å². The van der Waals surface area contributed by atoms with Crippen LogP contribution >= 0.6 is 0 Å². The van der Waals surface area contributed by atoms with Gasteiger partial charge in [-0.2, -0.15) is 13.2 Å². The van der Waals surface area contributed by atoms with Crippen molar-refractivity contribution in [2.75, 3.05) is 5.32 Å². The number of benzene rings is 1. The van der Waals surface area contributed by atoms with Gasteiger partial charge in [-0.1, -0.05) is 13.3 Å². The monoisotopic (exact) mass is 399 g/mol. The third kappa shape index (κ3) is 4.40. The van der Waals surface area contributed by atoms with Gasteiger partial charge in [-0.05, 0) is 55.9 Å². The summed E-state index contributed by atoms with van der Waals surface area (Å²) in [5, 5.41) is 8.00. The number of amides is 2. The summed E-state index contributed by atoms with van der Waals surface area (Å²) in [6.45, 7) is 3.51. The quantitative estimate of drug-likeness (QED) is 0.665. The fourth-order valence-corrected chi connectivity index (χ4v) is 3.65. The molecule has 0 saturated heterocycles. The average Bonchev–Trinajstić information content (AvgIpc) is 2.61. The Balaban J connectivity index is 1.81. The molecule has 1 aromatic carbocycles. The normalized spacial score (nSPS) is 22.4. The highest BCUT2D eigenvalue weighted by Gasteiger charge is 2.40. The number of fused-ring (bicyclic) bond motifs is 2. The number of anilines is 1. The zero-order valence-corrected chi connectivity index (χ0v) is 15.8. The lowest BCUT2D eigenvalue weighted by molar-refractivity contribution is -0.174. The first kappa shape index (κ1) is 20.4. The molecule has 3 rings (SSSR count). The summed E-state index contributed by atoms with van der Waals surface area (Å²) >= 11 is 0. The SMILES string of the molecule is CCCC(NC(=O)C(F)(F)F)NC1CCCc2cc3c(cc21)NC(=O)C(C)O3. The van der Waals surface area contributed by atoms with E-state index in [1.807, 2.05) is 24.4 Å². The van der Waals surface area contributed by atoms with E-state index < -0.39 is 24.4 Å². The average molecular weight is 399 g/mol. The topological polar surface area (TPSA) is 79.5 Å². The molecule has 3 unspecified atom stereocenters. The van der Waals surface area contributed by atoms with Gasteiger partial charge in [-0.25, -0.2) is 0 Å². The predicted molar refractivity (Wildman–Crippen MR) is 96.9 cm³/mol. The van der Waals surface area contributed by atoms with Gasteiger partial charge in [-0.3, -0.25) is 14.9 Å². The van der Waals surface area contributed by atoms with Gasteiger partial charge in [0.15, 0.2) is 6.10 Å². The van der Waals surface area contributed by atoms with Gasteiger partial charge in [0.25, 0.3) is 5.91 Å². The first-order valence-electron chi connectivity index (χ1n) is 9.47. The number of halogens is 3.